The first-order valence-corrected chi connectivity index (χ1v) is 12.3. The lowest BCUT2D eigenvalue weighted by Gasteiger charge is -2.37. The van der Waals surface area contributed by atoms with Crippen molar-refractivity contribution in [1.29, 1.82) is 0 Å². The van der Waals surface area contributed by atoms with Crippen LogP contribution in [0.3, 0.4) is 0 Å². The lowest BCUT2D eigenvalue weighted by molar-refractivity contribution is -0.140. The molecule has 170 valence electrons. The molecule has 0 rings (SSSR count). The van der Waals surface area contributed by atoms with Crippen molar-refractivity contribution < 1.29 is 9.90 Å². The van der Waals surface area contributed by atoms with E-state index in [9.17, 15) is 9.90 Å². The van der Waals surface area contributed by atoms with E-state index in [0.717, 1.165) is 51.4 Å². The van der Waals surface area contributed by atoms with Gasteiger partial charge in [-0.15, -0.1) is 13.2 Å². The van der Waals surface area contributed by atoms with Gasteiger partial charge < -0.3 is 5.11 Å². The minimum absolute atomic E-state index is 0.197. The zero-order chi connectivity index (χ0) is 21.7. The third-order valence-corrected chi connectivity index (χ3v) is 5.89. The summed E-state index contributed by atoms with van der Waals surface area (Å²) in [5.74, 6) is -0.677. The van der Waals surface area contributed by atoms with Crippen LogP contribution in [0.1, 0.15) is 117 Å². The second kappa shape index (κ2) is 20.2. The molecule has 0 aromatic rings. The number of nitrogens with zero attached hydrogens (tertiary/aromatic N) is 1. The molecule has 0 aromatic heterocycles. The van der Waals surface area contributed by atoms with Gasteiger partial charge in [0.15, 0.2) is 0 Å². The molecular weight excluding hydrogens is 358 g/mol. The number of hydrogen-bond acceptors (Lipinski definition) is 2. The van der Waals surface area contributed by atoms with Crippen LogP contribution < -0.4 is 0 Å². The Morgan fingerprint density at radius 2 is 1.17 bits per heavy atom. The summed E-state index contributed by atoms with van der Waals surface area (Å²) in [6.07, 6.45) is 22.8. The Balaban J connectivity index is 4.82. The van der Waals surface area contributed by atoms with Crippen molar-refractivity contribution in [2.24, 2.45) is 0 Å². The number of carbonyl (C=O) groups is 1. The topological polar surface area (TPSA) is 40.5 Å². The lowest BCUT2D eigenvalue weighted by atomic mass is 9.95. The first-order valence-electron chi connectivity index (χ1n) is 12.3. The van der Waals surface area contributed by atoms with E-state index in [-0.39, 0.29) is 6.54 Å². The largest absolute Gasteiger partial charge is 0.480 e. The van der Waals surface area contributed by atoms with Crippen LogP contribution >= 0.6 is 0 Å². The molecular formula is C26H49NO2. The molecule has 0 bridgehead atoms. The van der Waals surface area contributed by atoms with E-state index in [2.05, 4.69) is 31.9 Å². The van der Waals surface area contributed by atoms with E-state index in [1.807, 2.05) is 12.2 Å². The maximum absolute atomic E-state index is 11.7. The van der Waals surface area contributed by atoms with Gasteiger partial charge >= 0.3 is 5.97 Å². The molecule has 0 heterocycles. The van der Waals surface area contributed by atoms with Gasteiger partial charge in [0, 0.05) is 12.1 Å². The minimum atomic E-state index is -0.677. The van der Waals surface area contributed by atoms with Crippen molar-refractivity contribution in [3.05, 3.63) is 25.3 Å². The van der Waals surface area contributed by atoms with E-state index in [4.69, 9.17) is 0 Å². The van der Waals surface area contributed by atoms with Gasteiger partial charge in [-0.25, -0.2) is 0 Å². The van der Waals surface area contributed by atoms with Gasteiger partial charge in [-0.05, 0) is 51.4 Å². The SMILES string of the molecule is C=CCCCCCCC(CCC)N(CC(=O)O)C(CCC)CCCCCCC=C. The molecule has 3 nitrogen and oxygen atoms in total. The summed E-state index contributed by atoms with van der Waals surface area (Å²) in [6.45, 7) is 12.2. The molecule has 0 spiro atoms. The van der Waals surface area contributed by atoms with Gasteiger partial charge in [-0.2, -0.15) is 0 Å². The number of allylic oxidation sites excluding steroid dienone is 2. The van der Waals surface area contributed by atoms with Crippen molar-refractivity contribution in [2.45, 2.75) is 129 Å². The Morgan fingerprint density at radius 3 is 1.52 bits per heavy atom. The second-order valence-corrected chi connectivity index (χ2v) is 8.51. The second-order valence-electron chi connectivity index (χ2n) is 8.51. The highest BCUT2D eigenvalue weighted by atomic mass is 16.4. The average Bonchev–Trinajstić information content (AvgIpc) is 2.69. The minimum Gasteiger partial charge on any atom is -0.480 e. The van der Waals surface area contributed by atoms with E-state index in [1.165, 1.54) is 51.4 Å². The molecule has 3 heteroatoms. The molecule has 0 saturated heterocycles. The monoisotopic (exact) mass is 407 g/mol. The highest BCUT2D eigenvalue weighted by molar-refractivity contribution is 5.69. The van der Waals surface area contributed by atoms with Crippen LogP contribution in [0.4, 0.5) is 0 Å². The number of carboxylic acid groups (broad SMARTS) is 1. The first-order chi connectivity index (χ1) is 14.1. The number of hydrogen-bond donors (Lipinski definition) is 1. The number of rotatable bonds is 22. The van der Waals surface area contributed by atoms with Crippen molar-refractivity contribution >= 4 is 5.97 Å². The zero-order valence-electron chi connectivity index (χ0n) is 19.5. The Morgan fingerprint density at radius 1 is 0.759 bits per heavy atom. The summed E-state index contributed by atoms with van der Waals surface area (Å²) in [4.78, 5) is 14.0. The highest BCUT2D eigenvalue weighted by Gasteiger charge is 2.26. The molecule has 0 amide bonds. The van der Waals surface area contributed by atoms with Crippen LogP contribution in [0.25, 0.3) is 0 Å². The third kappa shape index (κ3) is 15.4. The molecule has 0 fully saturated rings. The van der Waals surface area contributed by atoms with Crippen molar-refractivity contribution in [3.8, 4) is 0 Å². The van der Waals surface area contributed by atoms with Gasteiger partial charge in [0.2, 0.25) is 0 Å². The Kier molecular flexibility index (Phi) is 19.4. The summed E-state index contributed by atoms with van der Waals surface area (Å²) in [6, 6.07) is 0.820. The van der Waals surface area contributed by atoms with Crippen molar-refractivity contribution in [1.82, 2.24) is 4.90 Å². The fourth-order valence-electron chi connectivity index (χ4n) is 4.38. The summed E-state index contributed by atoms with van der Waals surface area (Å²) in [5, 5.41) is 9.60. The van der Waals surface area contributed by atoms with E-state index < -0.39 is 5.97 Å². The molecule has 1 N–H and O–H groups in total. The Hall–Kier alpha value is -1.09. The maximum atomic E-state index is 11.7. The van der Waals surface area contributed by atoms with Crippen molar-refractivity contribution in [3.63, 3.8) is 0 Å². The Bertz CT molecular complexity index is 378. The number of aliphatic carboxylic acids is 1. The summed E-state index contributed by atoms with van der Waals surface area (Å²) in [5.41, 5.74) is 0. The molecule has 0 aliphatic carbocycles. The van der Waals surface area contributed by atoms with Crippen LogP contribution in [0.15, 0.2) is 25.3 Å². The molecule has 2 atom stereocenters. The molecule has 0 aliphatic rings. The standard InChI is InChI=1S/C26H49NO2/c1-5-9-11-13-15-17-21-24(19-7-3)27(23-26(28)29)25(20-8-4)22-18-16-14-12-10-6-2/h5-6,24-25H,1-2,7-23H2,3-4H3,(H,28,29). The third-order valence-electron chi connectivity index (χ3n) is 5.89. The van der Waals surface area contributed by atoms with Gasteiger partial charge in [0.1, 0.15) is 0 Å². The fourth-order valence-corrected chi connectivity index (χ4v) is 4.38. The van der Waals surface area contributed by atoms with Crippen LogP contribution in [-0.4, -0.2) is 34.6 Å². The molecule has 0 radical (unpaired) electrons. The number of carboxylic acids is 1. The van der Waals surface area contributed by atoms with E-state index in [1.54, 1.807) is 0 Å². The Labute approximate surface area is 181 Å². The van der Waals surface area contributed by atoms with E-state index >= 15 is 0 Å². The maximum Gasteiger partial charge on any atom is 0.317 e. The summed E-state index contributed by atoms with van der Waals surface area (Å²) < 4.78 is 0. The van der Waals surface area contributed by atoms with Gasteiger partial charge in [-0.3, -0.25) is 9.69 Å². The summed E-state index contributed by atoms with van der Waals surface area (Å²) >= 11 is 0. The molecule has 0 saturated carbocycles. The molecule has 0 aliphatic heterocycles. The van der Waals surface area contributed by atoms with Gasteiger partial charge in [-0.1, -0.05) is 77.4 Å². The van der Waals surface area contributed by atoms with Crippen LogP contribution in [-0.2, 0) is 4.79 Å². The highest BCUT2D eigenvalue weighted by Crippen LogP contribution is 2.24. The fraction of sp³-hybridized carbons (Fsp3) is 0.808. The smallest absolute Gasteiger partial charge is 0.317 e. The number of unbranched alkanes of at least 4 members (excludes halogenated alkanes) is 8. The van der Waals surface area contributed by atoms with Gasteiger partial charge in [0.25, 0.3) is 0 Å². The predicted molar refractivity (Wildman–Crippen MR) is 128 cm³/mol. The molecule has 29 heavy (non-hydrogen) atoms. The van der Waals surface area contributed by atoms with E-state index in [0.29, 0.717) is 12.1 Å². The van der Waals surface area contributed by atoms with Crippen LogP contribution in [0.2, 0.25) is 0 Å². The summed E-state index contributed by atoms with van der Waals surface area (Å²) in [7, 11) is 0. The predicted octanol–water partition coefficient (Wildman–Crippen LogP) is 7.76. The quantitative estimate of drug-likeness (QED) is 0.147. The van der Waals surface area contributed by atoms with Gasteiger partial charge in [0.05, 0.1) is 6.54 Å². The normalized spacial score (nSPS) is 13.3. The zero-order valence-corrected chi connectivity index (χ0v) is 19.5. The van der Waals surface area contributed by atoms with Crippen molar-refractivity contribution in [2.75, 3.05) is 6.54 Å². The van der Waals surface area contributed by atoms with Crippen LogP contribution in [0, 0.1) is 0 Å². The molecule has 0 aromatic carbocycles. The van der Waals surface area contributed by atoms with Crippen LogP contribution in [0.5, 0.6) is 0 Å². The lowest BCUT2D eigenvalue weighted by Crippen LogP contribution is -2.46. The first kappa shape index (κ1) is 27.9. The molecule has 2 unspecified atom stereocenters. The average molecular weight is 408 g/mol.